The van der Waals surface area contributed by atoms with Crippen LogP contribution in [0.15, 0.2) is 24.3 Å². The first-order valence-corrected chi connectivity index (χ1v) is 7.04. The number of aromatic hydroxyl groups is 1. The number of phenols is 1. The zero-order chi connectivity index (χ0) is 16.5. The number of phenolic OH excluding ortho intramolecular Hbond substituents is 1. The van der Waals surface area contributed by atoms with E-state index in [9.17, 15) is 20.0 Å². The summed E-state index contributed by atoms with van der Waals surface area (Å²) in [7, 11) is 0. The molecule has 0 aliphatic carbocycles. The van der Waals surface area contributed by atoms with Crippen molar-refractivity contribution in [2.75, 3.05) is 13.2 Å². The van der Waals surface area contributed by atoms with Gasteiger partial charge in [-0.1, -0.05) is 18.2 Å². The Balaban J connectivity index is 3.15. The zero-order valence-electron chi connectivity index (χ0n) is 12.6. The van der Waals surface area contributed by atoms with E-state index in [4.69, 9.17) is 9.47 Å². The molecule has 0 bridgehead atoms. The molecule has 118 valence electrons. The molecule has 0 spiro atoms. The molecule has 0 amide bonds. The summed E-state index contributed by atoms with van der Waals surface area (Å²) >= 11 is 0. The molecule has 0 saturated heterocycles. The monoisotopic (exact) mass is 305 g/mol. The van der Waals surface area contributed by atoms with Gasteiger partial charge in [-0.3, -0.25) is 9.59 Å². The highest BCUT2D eigenvalue weighted by molar-refractivity contribution is 5.79. The summed E-state index contributed by atoms with van der Waals surface area (Å²) in [5.74, 6) is -3.37. The first-order chi connectivity index (χ1) is 10.5. The van der Waals surface area contributed by atoms with Gasteiger partial charge in [-0.05, 0) is 25.5 Å². The SMILES string of the molecule is CCOC(=O)CC(c1ccccc1O)C(C#N)C(=O)OCC. The second kappa shape index (κ2) is 8.67. The fourth-order valence-electron chi connectivity index (χ4n) is 2.15. The number of carbonyl (C=O) groups is 2. The molecule has 1 rings (SSSR count). The Hall–Kier alpha value is -2.55. The maximum absolute atomic E-state index is 12.0. The Morgan fingerprint density at radius 2 is 1.86 bits per heavy atom. The van der Waals surface area contributed by atoms with Gasteiger partial charge in [0.15, 0.2) is 5.92 Å². The van der Waals surface area contributed by atoms with Crippen LogP contribution in [0.3, 0.4) is 0 Å². The summed E-state index contributed by atoms with van der Waals surface area (Å²) in [6, 6.07) is 8.15. The molecular formula is C16H19NO5. The smallest absolute Gasteiger partial charge is 0.323 e. The molecule has 0 heterocycles. The van der Waals surface area contributed by atoms with Gasteiger partial charge in [0.25, 0.3) is 0 Å². The second-order valence-corrected chi connectivity index (χ2v) is 4.53. The van der Waals surface area contributed by atoms with Crippen molar-refractivity contribution in [2.45, 2.75) is 26.2 Å². The van der Waals surface area contributed by atoms with E-state index in [1.54, 1.807) is 32.0 Å². The number of ether oxygens (including phenoxy) is 2. The standard InChI is InChI=1S/C16H19NO5/c1-3-21-15(19)9-12(11-7-5-6-8-14(11)18)13(10-17)16(20)22-4-2/h5-8,12-13,18H,3-4,9H2,1-2H3. The van der Waals surface area contributed by atoms with Gasteiger partial charge in [-0.25, -0.2) is 0 Å². The van der Waals surface area contributed by atoms with Crippen molar-refractivity contribution >= 4 is 11.9 Å². The van der Waals surface area contributed by atoms with E-state index < -0.39 is 23.8 Å². The van der Waals surface area contributed by atoms with E-state index in [0.29, 0.717) is 5.56 Å². The predicted molar refractivity (Wildman–Crippen MR) is 77.8 cm³/mol. The van der Waals surface area contributed by atoms with Crippen molar-refractivity contribution < 1.29 is 24.2 Å². The maximum Gasteiger partial charge on any atom is 0.323 e. The average Bonchev–Trinajstić information content (AvgIpc) is 2.48. The lowest BCUT2D eigenvalue weighted by Crippen LogP contribution is -2.26. The van der Waals surface area contributed by atoms with Gasteiger partial charge < -0.3 is 14.6 Å². The van der Waals surface area contributed by atoms with Crippen molar-refractivity contribution in [1.82, 2.24) is 0 Å². The van der Waals surface area contributed by atoms with Gasteiger partial charge in [0.1, 0.15) is 5.75 Å². The van der Waals surface area contributed by atoms with Crippen LogP contribution in [0, 0.1) is 17.2 Å². The number of carbonyl (C=O) groups excluding carboxylic acids is 2. The van der Waals surface area contributed by atoms with E-state index in [2.05, 4.69) is 0 Å². The summed E-state index contributed by atoms with van der Waals surface area (Å²) in [5, 5.41) is 19.3. The molecule has 0 aromatic heterocycles. The Morgan fingerprint density at radius 3 is 2.41 bits per heavy atom. The molecule has 1 aromatic rings. The first kappa shape index (κ1) is 17.5. The molecule has 6 heteroatoms. The number of nitrogens with zero attached hydrogens (tertiary/aromatic N) is 1. The maximum atomic E-state index is 12.0. The number of hydrogen-bond donors (Lipinski definition) is 1. The van der Waals surface area contributed by atoms with Gasteiger partial charge >= 0.3 is 11.9 Å². The lowest BCUT2D eigenvalue weighted by atomic mass is 9.83. The quantitative estimate of drug-likeness (QED) is 0.775. The van der Waals surface area contributed by atoms with Gasteiger partial charge in [0.2, 0.25) is 0 Å². The molecule has 1 aromatic carbocycles. The number of rotatable bonds is 7. The molecular weight excluding hydrogens is 286 g/mol. The van der Waals surface area contributed by atoms with Crippen LogP contribution in [0.1, 0.15) is 31.7 Å². The van der Waals surface area contributed by atoms with Crippen LogP contribution in [0.4, 0.5) is 0 Å². The third kappa shape index (κ3) is 4.48. The first-order valence-electron chi connectivity index (χ1n) is 7.04. The zero-order valence-corrected chi connectivity index (χ0v) is 12.6. The van der Waals surface area contributed by atoms with Crippen LogP contribution in [-0.4, -0.2) is 30.3 Å². The van der Waals surface area contributed by atoms with Crippen molar-refractivity contribution in [3.8, 4) is 11.8 Å². The van der Waals surface area contributed by atoms with E-state index in [1.807, 2.05) is 6.07 Å². The van der Waals surface area contributed by atoms with Crippen LogP contribution in [0.25, 0.3) is 0 Å². The minimum absolute atomic E-state index is 0.0821. The fourth-order valence-corrected chi connectivity index (χ4v) is 2.15. The molecule has 2 atom stereocenters. The van der Waals surface area contributed by atoms with Gasteiger partial charge in [0.05, 0.1) is 25.7 Å². The fraction of sp³-hybridized carbons (Fsp3) is 0.438. The number of benzene rings is 1. The Kier molecular flexibility index (Phi) is 6.90. The Labute approximate surface area is 129 Å². The number of para-hydroxylation sites is 1. The summed E-state index contributed by atoms with van der Waals surface area (Å²) < 4.78 is 9.77. The van der Waals surface area contributed by atoms with Crippen LogP contribution in [0.5, 0.6) is 5.75 Å². The van der Waals surface area contributed by atoms with E-state index in [0.717, 1.165) is 0 Å². The topological polar surface area (TPSA) is 96.6 Å². The van der Waals surface area contributed by atoms with Gasteiger partial charge in [-0.2, -0.15) is 5.26 Å². The second-order valence-electron chi connectivity index (χ2n) is 4.53. The van der Waals surface area contributed by atoms with Crippen molar-refractivity contribution in [1.29, 1.82) is 5.26 Å². The largest absolute Gasteiger partial charge is 0.508 e. The number of esters is 2. The van der Waals surface area contributed by atoms with Crippen LogP contribution in [0.2, 0.25) is 0 Å². The summed E-state index contributed by atoms with van der Waals surface area (Å²) in [6.45, 7) is 3.62. The third-order valence-electron chi connectivity index (χ3n) is 3.11. The molecule has 0 radical (unpaired) electrons. The molecule has 2 unspecified atom stereocenters. The Morgan fingerprint density at radius 1 is 1.23 bits per heavy atom. The van der Waals surface area contributed by atoms with Crippen molar-refractivity contribution in [3.63, 3.8) is 0 Å². The summed E-state index contributed by atoms with van der Waals surface area (Å²) in [5.41, 5.74) is 0.343. The van der Waals surface area contributed by atoms with Crippen LogP contribution < -0.4 is 0 Å². The highest BCUT2D eigenvalue weighted by Gasteiger charge is 2.34. The van der Waals surface area contributed by atoms with Crippen LogP contribution >= 0.6 is 0 Å². The Bertz CT molecular complexity index is 564. The summed E-state index contributed by atoms with van der Waals surface area (Å²) in [6.07, 6.45) is -0.192. The normalized spacial score (nSPS) is 12.8. The molecule has 0 aliphatic heterocycles. The molecule has 0 fully saturated rings. The van der Waals surface area contributed by atoms with Crippen LogP contribution in [-0.2, 0) is 19.1 Å². The highest BCUT2D eigenvalue weighted by atomic mass is 16.5. The van der Waals surface area contributed by atoms with E-state index >= 15 is 0 Å². The molecule has 1 N–H and O–H groups in total. The van der Waals surface area contributed by atoms with E-state index in [1.165, 1.54) is 6.07 Å². The van der Waals surface area contributed by atoms with Gasteiger partial charge in [-0.15, -0.1) is 0 Å². The molecule has 0 saturated carbocycles. The minimum atomic E-state index is -1.20. The number of nitriles is 1. The third-order valence-corrected chi connectivity index (χ3v) is 3.11. The number of hydrogen-bond acceptors (Lipinski definition) is 6. The molecule has 6 nitrogen and oxygen atoms in total. The molecule has 0 aliphatic rings. The average molecular weight is 305 g/mol. The molecule has 22 heavy (non-hydrogen) atoms. The van der Waals surface area contributed by atoms with Gasteiger partial charge in [0, 0.05) is 5.92 Å². The van der Waals surface area contributed by atoms with Crippen molar-refractivity contribution in [2.24, 2.45) is 5.92 Å². The lowest BCUT2D eigenvalue weighted by molar-refractivity contribution is -0.148. The van der Waals surface area contributed by atoms with E-state index in [-0.39, 0.29) is 25.4 Å². The van der Waals surface area contributed by atoms with Crippen molar-refractivity contribution in [3.05, 3.63) is 29.8 Å². The highest BCUT2D eigenvalue weighted by Crippen LogP contribution is 2.34. The predicted octanol–water partition coefficient (Wildman–Crippen LogP) is 2.13. The minimum Gasteiger partial charge on any atom is -0.508 e. The summed E-state index contributed by atoms with van der Waals surface area (Å²) in [4.78, 5) is 23.7. The lowest BCUT2D eigenvalue weighted by Gasteiger charge is -2.21.